The highest BCUT2D eigenvalue weighted by atomic mass is 35.5. The van der Waals surface area contributed by atoms with Gasteiger partial charge >= 0.3 is 0 Å². The number of aryl methyl sites for hydroxylation is 2. The quantitative estimate of drug-likeness (QED) is 0.749. The van der Waals surface area contributed by atoms with E-state index in [1.54, 1.807) is 4.68 Å². The maximum absolute atomic E-state index is 12.2. The van der Waals surface area contributed by atoms with E-state index in [1.807, 2.05) is 19.9 Å². The first-order valence-corrected chi connectivity index (χ1v) is 7.99. The number of nitrogens with one attached hydrogen (secondary N) is 1. The van der Waals surface area contributed by atoms with Gasteiger partial charge in [-0.05, 0) is 25.3 Å². The lowest BCUT2D eigenvalue weighted by atomic mass is 9.99. The molecular formula is C15H26ClN3O. The minimum Gasteiger partial charge on any atom is -0.349 e. The highest BCUT2D eigenvalue weighted by Gasteiger charge is 2.19. The van der Waals surface area contributed by atoms with Crippen LogP contribution in [0.25, 0.3) is 0 Å². The summed E-state index contributed by atoms with van der Waals surface area (Å²) in [5.41, 5.74) is 1.57. The Balaban J connectivity index is 2.65. The Morgan fingerprint density at radius 2 is 2.00 bits per heavy atom. The summed E-state index contributed by atoms with van der Waals surface area (Å²) in [6.45, 7) is 9.47. The maximum Gasteiger partial charge on any atom is 0.269 e. The van der Waals surface area contributed by atoms with E-state index in [2.05, 4.69) is 24.3 Å². The Kier molecular flexibility index (Phi) is 7.06. The predicted molar refractivity (Wildman–Crippen MR) is 83.3 cm³/mol. The van der Waals surface area contributed by atoms with Gasteiger partial charge in [-0.15, -0.1) is 11.6 Å². The molecule has 0 aromatic carbocycles. The number of nitrogens with zero attached hydrogens (tertiary/aromatic N) is 2. The summed E-state index contributed by atoms with van der Waals surface area (Å²) in [5.74, 6) is 0.356. The largest absolute Gasteiger partial charge is 0.349 e. The van der Waals surface area contributed by atoms with E-state index in [0.717, 1.165) is 25.0 Å². The summed E-state index contributed by atoms with van der Waals surface area (Å²) in [5, 5.41) is 7.30. The number of aromatic nitrogens is 2. The molecule has 0 fully saturated rings. The van der Waals surface area contributed by atoms with Gasteiger partial charge in [-0.3, -0.25) is 9.48 Å². The third kappa shape index (κ3) is 4.23. The van der Waals surface area contributed by atoms with Crippen molar-refractivity contribution in [2.45, 2.75) is 58.9 Å². The Morgan fingerprint density at radius 1 is 1.35 bits per heavy atom. The minimum absolute atomic E-state index is 0.0161. The van der Waals surface area contributed by atoms with Crippen molar-refractivity contribution < 1.29 is 4.79 Å². The predicted octanol–water partition coefficient (Wildman–Crippen LogP) is 3.24. The number of hydrogen-bond donors (Lipinski definition) is 1. The number of carbonyl (C=O) groups excluding carboxylic acids is 1. The van der Waals surface area contributed by atoms with Gasteiger partial charge in [-0.25, -0.2) is 0 Å². The summed E-state index contributed by atoms with van der Waals surface area (Å²) in [6.07, 6.45) is 2.90. The summed E-state index contributed by atoms with van der Waals surface area (Å²) in [4.78, 5) is 12.2. The van der Waals surface area contributed by atoms with Gasteiger partial charge in [0.05, 0.1) is 11.1 Å². The Hall–Kier alpha value is -1.03. The van der Waals surface area contributed by atoms with E-state index in [4.69, 9.17) is 11.6 Å². The number of halogens is 1. The average molecular weight is 300 g/mol. The molecule has 0 saturated heterocycles. The van der Waals surface area contributed by atoms with Gasteiger partial charge in [0, 0.05) is 13.1 Å². The molecule has 1 aromatic heterocycles. The second kappa shape index (κ2) is 8.30. The van der Waals surface area contributed by atoms with Crippen LogP contribution in [0.4, 0.5) is 0 Å². The Morgan fingerprint density at radius 3 is 2.50 bits per heavy atom. The number of hydrogen-bond acceptors (Lipinski definition) is 2. The molecule has 4 nitrogen and oxygen atoms in total. The molecule has 0 saturated carbocycles. The van der Waals surface area contributed by atoms with Gasteiger partial charge in [0.15, 0.2) is 0 Å². The van der Waals surface area contributed by atoms with E-state index in [1.165, 1.54) is 0 Å². The molecule has 1 aromatic rings. The zero-order valence-electron chi connectivity index (χ0n) is 12.9. The lowest BCUT2D eigenvalue weighted by Crippen LogP contribution is -2.34. The van der Waals surface area contributed by atoms with Crippen LogP contribution in [-0.4, -0.2) is 27.6 Å². The first-order chi connectivity index (χ1) is 9.57. The second-order valence-electron chi connectivity index (χ2n) is 4.99. The molecule has 1 N–H and O–H groups in total. The molecule has 1 atom stereocenters. The zero-order valence-corrected chi connectivity index (χ0v) is 13.7. The van der Waals surface area contributed by atoms with Gasteiger partial charge in [-0.1, -0.05) is 33.6 Å². The molecule has 0 aliphatic heterocycles. The lowest BCUT2D eigenvalue weighted by Gasteiger charge is -2.19. The van der Waals surface area contributed by atoms with Crippen LogP contribution in [0.3, 0.4) is 0 Å². The lowest BCUT2D eigenvalue weighted by molar-refractivity contribution is 0.0941. The summed E-state index contributed by atoms with van der Waals surface area (Å²) < 4.78 is 1.74. The number of alkyl halides is 1. The molecule has 114 valence electrons. The van der Waals surface area contributed by atoms with Crippen LogP contribution in [-0.2, 0) is 13.0 Å². The molecule has 1 unspecified atom stereocenters. The fraction of sp³-hybridized carbons (Fsp3) is 0.733. The van der Waals surface area contributed by atoms with Crippen LogP contribution in [0.1, 0.15) is 56.7 Å². The topological polar surface area (TPSA) is 46.9 Å². The highest BCUT2D eigenvalue weighted by molar-refractivity contribution is 6.21. The van der Waals surface area contributed by atoms with Gasteiger partial charge in [0.2, 0.25) is 0 Å². The third-order valence-electron chi connectivity index (χ3n) is 3.74. The van der Waals surface area contributed by atoms with Crippen molar-refractivity contribution in [2.24, 2.45) is 5.92 Å². The molecule has 1 amide bonds. The monoisotopic (exact) mass is 299 g/mol. The smallest absolute Gasteiger partial charge is 0.269 e. The highest BCUT2D eigenvalue weighted by Crippen LogP contribution is 2.17. The van der Waals surface area contributed by atoms with Crippen LogP contribution in [0, 0.1) is 5.92 Å². The normalized spacial score (nSPS) is 12.7. The molecule has 1 rings (SSSR count). The van der Waals surface area contributed by atoms with Crippen LogP contribution in [0.5, 0.6) is 0 Å². The van der Waals surface area contributed by atoms with Gasteiger partial charge in [-0.2, -0.15) is 5.10 Å². The van der Waals surface area contributed by atoms with Crippen molar-refractivity contribution >= 4 is 17.5 Å². The molecule has 0 radical (unpaired) electrons. The van der Waals surface area contributed by atoms with Crippen molar-refractivity contribution in [1.82, 2.24) is 15.1 Å². The first kappa shape index (κ1) is 17.0. The molecule has 0 bridgehead atoms. The van der Waals surface area contributed by atoms with E-state index < -0.39 is 0 Å². The van der Waals surface area contributed by atoms with Crippen LogP contribution >= 0.6 is 11.6 Å². The molecule has 0 spiro atoms. The van der Waals surface area contributed by atoms with Crippen LogP contribution in [0.15, 0.2) is 6.07 Å². The van der Waals surface area contributed by atoms with E-state index in [9.17, 15) is 4.79 Å². The van der Waals surface area contributed by atoms with Gasteiger partial charge < -0.3 is 5.32 Å². The molecular weight excluding hydrogens is 274 g/mol. The molecule has 1 heterocycles. The first-order valence-electron chi connectivity index (χ1n) is 7.56. The molecule has 5 heteroatoms. The fourth-order valence-electron chi connectivity index (χ4n) is 2.31. The van der Waals surface area contributed by atoms with E-state index >= 15 is 0 Å². The van der Waals surface area contributed by atoms with E-state index in [-0.39, 0.29) is 11.3 Å². The van der Waals surface area contributed by atoms with E-state index in [0.29, 0.717) is 24.7 Å². The van der Waals surface area contributed by atoms with Crippen LogP contribution < -0.4 is 5.32 Å². The number of rotatable bonds is 8. The average Bonchev–Trinajstić information content (AvgIpc) is 2.89. The van der Waals surface area contributed by atoms with Crippen molar-refractivity contribution in [3.63, 3.8) is 0 Å². The SMILES string of the molecule is CCc1cc(C(=O)NCC(Cl)C(CC)CC)n(CC)n1. The molecule has 20 heavy (non-hydrogen) atoms. The summed E-state index contributed by atoms with van der Waals surface area (Å²) >= 11 is 6.35. The number of carbonyl (C=O) groups is 1. The zero-order chi connectivity index (χ0) is 15.1. The molecule has 0 aliphatic carbocycles. The maximum atomic E-state index is 12.2. The van der Waals surface area contributed by atoms with Gasteiger partial charge in [0.1, 0.15) is 5.69 Å². The summed E-state index contributed by atoms with van der Waals surface area (Å²) in [7, 11) is 0. The standard InChI is InChI=1S/C15H26ClN3O/c1-5-11(6-2)13(16)10-17-15(20)14-9-12(7-3)18-19(14)8-4/h9,11,13H,5-8,10H2,1-4H3,(H,17,20). The summed E-state index contributed by atoms with van der Waals surface area (Å²) in [6, 6.07) is 1.86. The third-order valence-corrected chi connectivity index (χ3v) is 4.25. The number of amides is 1. The van der Waals surface area contributed by atoms with Crippen molar-refractivity contribution in [3.8, 4) is 0 Å². The second-order valence-corrected chi connectivity index (χ2v) is 5.55. The van der Waals surface area contributed by atoms with Crippen molar-refractivity contribution in [3.05, 3.63) is 17.5 Å². The fourth-order valence-corrected chi connectivity index (χ4v) is 2.75. The van der Waals surface area contributed by atoms with Crippen LogP contribution in [0.2, 0.25) is 0 Å². The van der Waals surface area contributed by atoms with Crippen molar-refractivity contribution in [1.29, 1.82) is 0 Å². The van der Waals surface area contributed by atoms with Crippen molar-refractivity contribution in [2.75, 3.05) is 6.54 Å². The van der Waals surface area contributed by atoms with Gasteiger partial charge in [0.25, 0.3) is 5.91 Å². The minimum atomic E-state index is -0.0874. The Bertz CT molecular complexity index is 427. The molecule has 0 aliphatic rings. The Labute approximate surface area is 126 Å².